The van der Waals surface area contributed by atoms with E-state index in [-0.39, 0.29) is 6.04 Å². The van der Waals surface area contributed by atoms with E-state index in [0.717, 1.165) is 13.0 Å². The van der Waals surface area contributed by atoms with Gasteiger partial charge in [0, 0.05) is 6.04 Å². The third kappa shape index (κ3) is 1.94. The van der Waals surface area contributed by atoms with E-state index >= 15 is 0 Å². The zero-order chi connectivity index (χ0) is 7.56. The number of rotatable bonds is 3. The van der Waals surface area contributed by atoms with E-state index in [1.807, 2.05) is 0 Å². The van der Waals surface area contributed by atoms with Crippen LogP contribution >= 0.6 is 0 Å². The van der Waals surface area contributed by atoms with Crippen LogP contribution in [-0.2, 0) is 0 Å². The number of halogens is 1. The number of hydrogen-bond acceptors (Lipinski definition) is 1. The van der Waals surface area contributed by atoms with Crippen LogP contribution in [0.5, 0.6) is 0 Å². The minimum atomic E-state index is -0.617. The summed E-state index contributed by atoms with van der Waals surface area (Å²) < 4.78 is 13.0. The molecule has 2 atom stereocenters. The molecule has 0 aromatic heterocycles. The smallest absolute Gasteiger partial charge is 0.116 e. The molecule has 0 aromatic rings. The fraction of sp³-hybridized carbons (Fsp3) is 1.00. The summed E-state index contributed by atoms with van der Waals surface area (Å²) in [4.78, 5) is 0. The van der Waals surface area contributed by atoms with Crippen molar-refractivity contribution in [2.24, 2.45) is 5.92 Å². The second-order valence-corrected chi connectivity index (χ2v) is 3.49. The molecule has 60 valence electrons. The molecule has 1 aliphatic heterocycles. The molecule has 0 saturated carbocycles. The molecule has 0 aliphatic carbocycles. The topological polar surface area (TPSA) is 12.0 Å². The quantitative estimate of drug-likeness (QED) is 0.637. The normalized spacial score (nSPS) is 28.2. The largest absolute Gasteiger partial charge is 0.311 e. The summed E-state index contributed by atoms with van der Waals surface area (Å²) in [5.41, 5.74) is 0. The van der Waals surface area contributed by atoms with E-state index in [1.165, 1.54) is 0 Å². The molecule has 2 heteroatoms. The lowest BCUT2D eigenvalue weighted by atomic mass is 9.95. The highest BCUT2D eigenvalue weighted by atomic mass is 19.1. The second kappa shape index (κ2) is 3.33. The lowest BCUT2D eigenvalue weighted by Gasteiger charge is -2.31. The van der Waals surface area contributed by atoms with Gasteiger partial charge in [-0.1, -0.05) is 13.8 Å². The summed E-state index contributed by atoms with van der Waals surface area (Å²) in [7, 11) is 0. The van der Waals surface area contributed by atoms with E-state index in [4.69, 9.17) is 0 Å². The van der Waals surface area contributed by atoms with E-state index in [1.54, 1.807) is 0 Å². The highest BCUT2D eigenvalue weighted by Crippen LogP contribution is 2.17. The predicted octanol–water partition coefficient (Wildman–Crippen LogP) is 1.73. The Balaban J connectivity index is 2.13. The lowest BCUT2D eigenvalue weighted by molar-refractivity contribution is 0.167. The van der Waals surface area contributed by atoms with E-state index < -0.39 is 6.17 Å². The van der Waals surface area contributed by atoms with Gasteiger partial charge in [-0.25, -0.2) is 4.39 Å². The van der Waals surface area contributed by atoms with Crippen molar-refractivity contribution < 1.29 is 4.39 Å². The highest BCUT2D eigenvalue weighted by molar-refractivity contribution is 4.84. The molecule has 0 aromatic carbocycles. The summed E-state index contributed by atoms with van der Waals surface area (Å²) in [6.07, 6.45) is 1.11. The molecule has 1 fully saturated rings. The Morgan fingerprint density at radius 2 is 2.20 bits per heavy atom. The van der Waals surface area contributed by atoms with Gasteiger partial charge in [0.1, 0.15) is 6.17 Å². The van der Waals surface area contributed by atoms with Crippen LogP contribution in [0, 0.1) is 5.92 Å². The van der Waals surface area contributed by atoms with Crippen LogP contribution in [0.2, 0.25) is 0 Å². The molecule has 0 radical (unpaired) electrons. The summed E-state index contributed by atoms with van der Waals surface area (Å²) in [6.45, 7) is 5.12. The van der Waals surface area contributed by atoms with Crippen LogP contribution in [0.1, 0.15) is 26.7 Å². The average Bonchev–Trinajstić information content (AvgIpc) is 1.55. The minimum Gasteiger partial charge on any atom is -0.311 e. The maximum absolute atomic E-state index is 13.0. The third-order valence-corrected chi connectivity index (χ3v) is 2.00. The zero-order valence-electron chi connectivity index (χ0n) is 6.73. The molecule has 1 aliphatic rings. The van der Waals surface area contributed by atoms with Crippen molar-refractivity contribution in [3.63, 3.8) is 0 Å². The molecular weight excluding hydrogens is 129 g/mol. The molecule has 1 rings (SSSR count). The van der Waals surface area contributed by atoms with Crippen molar-refractivity contribution in [1.29, 1.82) is 0 Å². The fourth-order valence-electron chi connectivity index (χ4n) is 1.23. The van der Waals surface area contributed by atoms with Crippen LogP contribution in [0.15, 0.2) is 0 Å². The molecule has 10 heavy (non-hydrogen) atoms. The van der Waals surface area contributed by atoms with Crippen LogP contribution in [0.25, 0.3) is 0 Å². The van der Waals surface area contributed by atoms with Gasteiger partial charge in [-0.2, -0.15) is 0 Å². The SMILES string of the molecule is CC(C)CC(F)C1CCN1. The first-order valence-corrected chi connectivity index (χ1v) is 4.07. The van der Waals surface area contributed by atoms with Crippen molar-refractivity contribution in [3.8, 4) is 0 Å². The molecular formula is C8H16FN. The summed E-state index contributed by atoms with van der Waals surface area (Å²) in [6, 6.07) is 0.169. The number of alkyl halides is 1. The van der Waals surface area contributed by atoms with Crippen LogP contribution in [0.4, 0.5) is 4.39 Å². The lowest BCUT2D eigenvalue weighted by Crippen LogP contribution is -2.49. The van der Waals surface area contributed by atoms with Gasteiger partial charge in [0.15, 0.2) is 0 Å². The van der Waals surface area contributed by atoms with Gasteiger partial charge in [0.2, 0.25) is 0 Å². The Morgan fingerprint density at radius 3 is 2.50 bits per heavy atom. The molecule has 0 amide bonds. The summed E-state index contributed by atoms with van der Waals surface area (Å²) in [5, 5.41) is 3.08. The maximum atomic E-state index is 13.0. The maximum Gasteiger partial charge on any atom is 0.116 e. The van der Waals surface area contributed by atoms with Crippen molar-refractivity contribution in [2.75, 3.05) is 6.54 Å². The minimum absolute atomic E-state index is 0.169. The Labute approximate surface area is 62.0 Å². The molecule has 0 bridgehead atoms. The Hall–Kier alpha value is -0.110. The van der Waals surface area contributed by atoms with Gasteiger partial charge >= 0.3 is 0 Å². The first kappa shape index (κ1) is 7.99. The fourth-order valence-corrected chi connectivity index (χ4v) is 1.23. The third-order valence-electron chi connectivity index (χ3n) is 2.00. The Morgan fingerprint density at radius 1 is 1.60 bits per heavy atom. The van der Waals surface area contributed by atoms with E-state index in [2.05, 4.69) is 19.2 Å². The van der Waals surface area contributed by atoms with Crippen molar-refractivity contribution in [1.82, 2.24) is 5.32 Å². The van der Waals surface area contributed by atoms with Crippen molar-refractivity contribution in [2.45, 2.75) is 38.9 Å². The highest BCUT2D eigenvalue weighted by Gasteiger charge is 2.26. The predicted molar refractivity (Wildman–Crippen MR) is 40.8 cm³/mol. The molecule has 1 heterocycles. The standard InChI is InChI=1S/C8H16FN/c1-6(2)5-7(9)8-3-4-10-8/h6-8,10H,3-5H2,1-2H3. The zero-order valence-corrected chi connectivity index (χ0v) is 6.73. The van der Waals surface area contributed by atoms with E-state index in [9.17, 15) is 4.39 Å². The van der Waals surface area contributed by atoms with Crippen molar-refractivity contribution in [3.05, 3.63) is 0 Å². The average molecular weight is 145 g/mol. The number of nitrogens with one attached hydrogen (secondary N) is 1. The molecule has 1 saturated heterocycles. The first-order chi connectivity index (χ1) is 4.70. The monoisotopic (exact) mass is 145 g/mol. The summed E-state index contributed by atoms with van der Waals surface area (Å²) >= 11 is 0. The number of hydrogen-bond donors (Lipinski definition) is 1. The van der Waals surface area contributed by atoms with Crippen LogP contribution < -0.4 is 5.32 Å². The molecule has 0 spiro atoms. The van der Waals surface area contributed by atoms with Gasteiger partial charge in [-0.3, -0.25) is 0 Å². The molecule has 1 nitrogen and oxygen atoms in total. The van der Waals surface area contributed by atoms with Gasteiger partial charge in [-0.05, 0) is 25.3 Å². The van der Waals surface area contributed by atoms with Crippen LogP contribution in [0.3, 0.4) is 0 Å². The van der Waals surface area contributed by atoms with Gasteiger partial charge < -0.3 is 5.32 Å². The second-order valence-electron chi connectivity index (χ2n) is 3.49. The van der Waals surface area contributed by atoms with Gasteiger partial charge in [0.05, 0.1) is 0 Å². The van der Waals surface area contributed by atoms with Gasteiger partial charge in [-0.15, -0.1) is 0 Å². The molecule has 2 unspecified atom stereocenters. The van der Waals surface area contributed by atoms with Crippen molar-refractivity contribution >= 4 is 0 Å². The Kier molecular flexibility index (Phi) is 2.66. The first-order valence-electron chi connectivity index (χ1n) is 4.07. The Bertz CT molecular complexity index is 99.4. The van der Waals surface area contributed by atoms with Gasteiger partial charge in [0.25, 0.3) is 0 Å². The van der Waals surface area contributed by atoms with Crippen LogP contribution in [-0.4, -0.2) is 18.8 Å². The van der Waals surface area contributed by atoms with E-state index in [0.29, 0.717) is 12.3 Å². The summed E-state index contributed by atoms with van der Waals surface area (Å²) in [5.74, 6) is 0.484. The molecule has 1 N–H and O–H groups in total.